The zero-order chi connectivity index (χ0) is 15.3. The highest BCUT2D eigenvalue weighted by Crippen LogP contribution is 2.15. The fraction of sp³-hybridized carbons (Fsp3) is 0.714. The van der Waals surface area contributed by atoms with Crippen LogP contribution in [-0.2, 0) is 9.53 Å². The molecular weight excluding hydrogens is 246 g/mol. The molecule has 1 amide bonds. The highest BCUT2D eigenvalue weighted by Gasteiger charge is 2.24. The van der Waals surface area contributed by atoms with E-state index in [1.165, 1.54) is 0 Å². The van der Waals surface area contributed by atoms with Gasteiger partial charge in [-0.2, -0.15) is 0 Å². The normalized spacial score (nSPS) is 13.1. The molecule has 0 aromatic carbocycles. The third kappa shape index (κ3) is 8.24. The molecule has 0 aromatic rings. The Bertz CT molecular complexity index is 364. The van der Waals surface area contributed by atoms with Crippen molar-refractivity contribution in [3.8, 4) is 0 Å². The van der Waals surface area contributed by atoms with Crippen LogP contribution < -0.4 is 5.32 Å². The zero-order valence-corrected chi connectivity index (χ0v) is 12.7. The highest BCUT2D eigenvalue weighted by molar-refractivity contribution is 5.86. The Hall–Kier alpha value is -1.52. The molecule has 0 unspecified atom stereocenters. The van der Waals surface area contributed by atoms with Gasteiger partial charge in [0, 0.05) is 11.1 Å². The van der Waals surface area contributed by atoms with E-state index in [1.54, 1.807) is 33.8 Å². The molecule has 0 bridgehead atoms. The lowest BCUT2D eigenvalue weighted by Crippen LogP contribution is -2.45. The summed E-state index contributed by atoms with van der Waals surface area (Å²) in [6.07, 6.45) is 2.03. The van der Waals surface area contributed by atoms with Crippen LogP contribution >= 0.6 is 0 Å². The van der Waals surface area contributed by atoms with Crippen molar-refractivity contribution in [1.29, 1.82) is 0 Å². The molecule has 5 heteroatoms. The molecule has 0 fully saturated rings. The van der Waals surface area contributed by atoms with E-state index >= 15 is 0 Å². The number of hydrogen-bond donors (Lipinski definition) is 2. The number of carbonyl (C=O) groups excluding carboxylic acids is 1. The van der Waals surface area contributed by atoms with Gasteiger partial charge in [0.2, 0.25) is 0 Å². The minimum absolute atomic E-state index is 0.346. The highest BCUT2D eigenvalue weighted by atomic mass is 16.6. The van der Waals surface area contributed by atoms with Crippen LogP contribution in [0, 0.1) is 0 Å². The standard InChI is InChI=1S/C14H25NO4/c1-7-10(11(16)17)8-9-14(5,6)15-12(18)19-13(2,3)4/h8H,7,9H2,1-6H3,(H,15,18)(H,16,17). The Balaban J connectivity index is 4.56. The summed E-state index contributed by atoms with van der Waals surface area (Å²) in [6.45, 7) is 10.8. The van der Waals surface area contributed by atoms with Gasteiger partial charge in [-0.1, -0.05) is 13.0 Å². The van der Waals surface area contributed by atoms with Crippen LogP contribution in [0.5, 0.6) is 0 Å². The summed E-state index contributed by atoms with van der Waals surface area (Å²) in [7, 11) is 0. The van der Waals surface area contributed by atoms with Gasteiger partial charge in [0.1, 0.15) is 5.60 Å². The average molecular weight is 271 g/mol. The predicted molar refractivity (Wildman–Crippen MR) is 74.1 cm³/mol. The molecule has 0 saturated heterocycles. The van der Waals surface area contributed by atoms with Crippen molar-refractivity contribution >= 4 is 12.1 Å². The van der Waals surface area contributed by atoms with Crippen LogP contribution in [0.4, 0.5) is 4.79 Å². The largest absolute Gasteiger partial charge is 0.478 e. The van der Waals surface area contributed by atoms with Gasteiger partial charge >= 0.3 is 12.1 Å². The smallest absolute Gasteiger partial charge is 0.408 e. The maximum atomic E-state index is 11.7. The molecule has 2 N–H and O–H groups in total. The number of carbonyl (C=O) groups is 2. The average Bonchev–Trinajstić information content (AvgIpc) is 2.13. The van der Waals surface area contributed by atoms with Crippen LogP contribution in [0.25, 0.3) is 0 Å². The molecule has 0 aromatic heterocycles. The summed E-state index contributed by atoms with van der Waals surface area (Å²) >= 11 is 0. The van der Waals surface area contributed by atoms with Gasteiger partial charge in [0.25, 0.3) is 0 Å². The summed E-state index contributed by atoms with van der Waals surface area (Å²) in [6, 6.07) is 0. The molecule has 0 rings (SSSR count). The van der Waals surface area contributed by atoms with Gasteiger partial charge in [-0.25, -0.2) is 9.59 Å². The van der Waals surface area contributed by atoms with Crippen molar-refractivity contribution in [3.63, 3.8) is 0 Å². The van der Waals surface area contributed by atoms with Crippen molar-refractivity contribution < 1.29 is 19.4 Å². The number of carboxylic acids is 1. The van der Waals surface area contributed by atoms with Crippen molar-refractivity contribution in [3.05, 3.63) is 11.6 Å². The second kappa shape index (κ2) is 6.59. The van der Waals surface area contributed by atoms with E-state index < -0.39 is 23.2 Å². The number of alkyl carbamates (subject to hydrolysis) is 1. The Morgan fingerprint density at radius 1 is 1.21 bits per heavy atom. The van der Waals surface area contributed by atoms with Crippen molar-refractivity contribution in [2.75, 3.05) is 0 Å². The number of nitrogens with one attached hydrogen (secondary N) is 1. The van der Waals surface area contributed by atoms with E-state index in [0.717, 1.165) is 0 Å². The molecule has 0 heterocycles. The molecule has 0 radical (unpaired) electrons. The molecule has 0 atom stereocenters. The van der Waals surface area contributed by atoms with Crippen molar-refractivity contribution in [2.24, 2.45) is 0 Å². The molecule has 0 saturated carbocycles. The van der Waals surface area contributed by atoms with Crippen LogP contribution in [0.3, 0.4) is 0 Å². The Morgan fingerprint density at radius 2 is 1.74 bits per heavy atom. The van der Waals surface area contributed by atoms with Gasteiger partial charge in [-0.3, -0.25) is 0 Å². The molecule has 0 aliphatic heterocycles. The Morgan fingerprint density at radius 3 is 2.11 bits per heavy atom. The van der Waals surface area contributed by atoms with E-state index in [1.807, 2.05) is 13.8 Å². The number of carboxylic acid groups (broad SMARTS) is 1. The second-order valence-corrected chi connectivity index (χ2v) is 6.10. The second-order valence-electron chi connectivity index (χ2n) is 6.10. The van der Waals surface area contributed by atoms with E-state index in [4.69, 9.17) is 9.84 Å². The van der Waals surface area contributed by atoms with Crippen molar-refractivity contribution in [1.82, 2.24) is 5.32 Å². The van der Waals surface area contributed by atoms with Crippen molar-refractivity contribution in [2.45, 2.75) is 65.5 Å². The van der Waals surface area contributed by atoms with Gasteiger partial charge in [-0.15, -0.1) is 0 Å². The number of amides is 1. The first-order valence-electron chi connectivity index (χ1n) is 6.40. The monoisotopic (exact) mass is 271 g/mol. The summed E-state index contributed by atoms with van der Waals surface area (Å²) in [5.41, 5.74) is -0.761. The molecule has 19 heavy (non-hydrogen) atoms. The molecule has 0 aliphatic carbocycles. The maximum Gasteiger partial charge on any atom is 0.408 e. The molecular formula is C14H25NO4. The first kappa shape index (κ1) is 17.5. The van der Waals surface area contributed by atoms with E-state index in [2.05, 4.69) is 5.32 Å². The number of rotatable bonds is 5. The third-order valence-corrected chi connectivity index (χ3v) is 2.35. The molecule has 0 aliphatic rings. The lowest BCUT2D eigenvalue weighted by molar-refractivity contribution is -0.132. The molecule has 110 valence electrons. The van der Waals surface area contributed by atoms with Gasteiger partial charge in [-0.05, 0) is 47.5 Å². The Kier molecular flexibility index (Phi) is 6.06. The summed E-state index contributed by atoms with van der Waals surface area (Å²) in [5, 5.41) is 11.7. The predicted octanol–water partition coefficient (Wildman–Crippen LogP) is 3.10. The van der Waals surface area contributed by atoms with Gasteiger partial charge in [0.15, 0.2) is 0 Å². The quantitative estimate of drug-likeness (QED) is 0.753. The number of ether oxygens (including phenoxy) is 1. The van der Waals surface area contributed by atoms with Gasteiger partial charge in [0.05, 0.1) is 0 Å². The van der Waals surface area contributed by atoms with Crippen LogP contribution in [0.1, 0.15) is 54.4 Å². The molecule has 0 spiro atoms. The lowest BCUT2D eigenvalue weighted by Gasteiger charge is -2.27. The first-order valence-corrected chi connectivity index (χ1v) is 6.40. The van der Waals surface area contributed by atoms with E-state index in [0.29, 0.717) is 18.4 Å². The SMILES string of the molecule is CCC(=CCC(C)(C)NC(=O)OC(C)(C)C)C(=O)O. The Labute approximate surface area is 115 Å². The molecule has 5 nitrogen and oxygen atoms in total. The summed E-state index contributed by atoms with van der Waals surface area (Å²) < 4.78 is 5.17. The fourth-order valence-corrected chi connectivity index (χ4v) is 1.39. The van der Waals surface area contributed by atoms with Crippen LogP contribution in [0.15, 0.2) is 11.6 Å². The minimum Gasteiger partial charge on any atom is -0.478 e. The maximum absolute atomic E-state index is 11.7. The number of hydrogen-bond acceptors (Lipinski definition) is 3. The topological polar surface area (TPSA) is 75.6 Å². The fourth-order valence-electron chi connectivity index (χ4n) is 1.39. The van der Waals surface area contributed by atoms with Gasteiger partial charge < -0.3 is 15.2 Å². The van der Waals surface area contributed by atoms with Crippen LogP contribution in [-0.4, -0.2) is 28.3 Å². The summed E-state index contributed by atoms with van der Waals surface area (Å²) in [5.74, 6) is -0.921. The number of aliphatic carboxylic acids is 1. The third-order valence-electron chi connectivity index (χ3n) is 2.35. The minimum atomic E-state index is -0.921. The first-order chi connectivity index (χ1) is 8.47. The summed E-state index contributed by atoms with van der Waals surface area (Å²) in [4.78, 5) is 22.5. The van der Waals surface area contributed by atoms with Crippen LogP contribution in [0.2, 0.25) is 0 Å². The lowest BCUT2D eigenvalue weighted by atomic mass is 9.98. The van der Waals surface area contributed by atoms with E-state index in [9.17, 15) is 9.59 Å². The zero-order valence-electron chi connectivity index (χ0n) is 12.7. The van der Waals surface area contributed by atoms with E-state index in [-0.39, 0.29) is 0 Å².